The fourth-order valence-corrected chi connectivity index (χ4v) is 4.17. The molecule has 33 heavy (non-hydrogen) atoms. The van der Waals surface area contributed by atoms with Crippen molar-refractivity contribution in [3.8, 4) is 0 Å². The Hall–Kier alpha value is -3.04. The highest BCUT2D eigenvalue weighted by molar-refractivity contribution is 7.99. The molecular formula is C23H24ClN5O3S. The van der Waals surface area contributed by atoms with E-state index in [9.17, 15) is 9.59 Å². The Bertz CT molecular complexity index is 1100. The number of benzene rings is 2. The summed E-state index contributed by atoms with van der Waals surface area (Å²) in [6.07, 6.45) is 0.666. The highest BCUT2D eigenvalue weighted by atomic mass is 35.5. The van der Waals surface area contributed by atoms with Gasteiger partial charge in [0.15, 0.2) is 0 Å². The van der Waals surface area contributed by atoms with E-state index in [-0.39, 0.29) is 17.6 Å². The lowest BCUT2D eigenvalue weighted by Crippen LogP contribution is -2.48. The molecule has 0 unspecified atom stereocenters. The Balaban J connectivity index is 1.25. The summed E-state index contributed by atoms with van der Waals surface area (Å²) in [7, 11) is 0. The molecule has 1 aliphatic heterocycles. The van der Waals surface area contributed by atoms with Gasteiger partial charge in [0, 0.05) is 54.6 Å². The molecular weight excluding hydrogens is 462 g/mol. The zero-order valence-corrected chi connectivity index (χ0v) is 19.7. The van der Waals surface area contributed by atoms with Gasteiger partial charge in [0.05, 0.1) is 5.75 Å². The molecule has 10 heteroatoms. The van der Waals surface area contributed by atoms with Crippen LogP contribution in [0.25, 0.3) is 0 Å². The van der Waals surface area contributed by atoms with E-state index in [0.717, 1.165) is 24.5 Å². The van der Waals surface area contributed by atoms with Crippen molar-refractivity contribution in [2.45, 2.75) is 18.6 Å². The average molecular weight is 486 g/mol. The third kappa shape index (κ3) is 6.06. The van der Waals surface area contributed by atoms with Crippen molar-refractivity contribution in [1.82, 2.24) is 15.1 Å². The van der Waals surface area contributed by atoms with Gasteiger partial charge in [-0.15, -0.1) is 10.2 Å². The number of carbonyl (C=O) groups is 2. The van der Waals surface area contributed by atoms with Gasteiger partial charge in [-0.1, -0.05) is 30.3 Å². The van der Waals surface area contributed by atoms with Gasteiger partial charge in [0.25, 0.3) is 11.1 Å². The van der Waals surface area contributed by atoms with Crippen molar-refractivity contribution < 1.29 is 14.0 Å². The summed E-state index contributed by atoms with van der Waals surface area (Å²) in [5.41, 5.74) is 2.43. The van der Waals surface area contributed by atoms with E-state index in [1.807, 2.05) is 36.1 Å². The van der Waals surface area contributed by atoms with E-state index in [0.29, 0.717) is 41.2 Å². The largest absolute Gasteiger partial charge is 0.416 e. The average Bonchev–Trinajstić information content (AvgIpc) is 3.32. The molecule has 0 bridgehead atoms. The van der Waals surface area contributed by atoms with Crippen molar-refractivity contribution in [2.75, 3.05) is 42.1 Å². The molecule has 1 saturated heterocycles. The molecule has 2 heterocycles. The second-order valence-corrected chi connectivity index (χ2v) is 8.85. The van der Waals surface area contributed by atoms with Crippen molar-refractivity contribution in [1.29, 1.82) is 0 Å². The third-order valence-electron chi connectivity index (χ3n) is 5.25. The fraction of sp³-hybridized carbons (Fsp3) is 0.304. The lowest BCUT2D eigenvalue weighted by Gasteiger charge is -2.36. The molecule has 0 radical (unpaired) electrons. The normalized spacial score (nSPS) is 13.8. The van der Waals surface area contributed by atoms with E-state index in [2.05, 4.69) is 20.4 Å². The molecule has 1 N–H and O–H groups in total. The highest BCUT2D eigenvalue weighted by Crippen LogP contribution is 2.22. The summed E-state index contributed by atoms with van der Waals surface area (Å²) < 4.78 is 5.39. The van der Waals surface area contributed by atoms with Crippen LogP contribution in [0.5, 0.6) is 0 Å². The Morgan fingerprint density at radius 2 is 1.73 bits per heavy atom. The first-order chi connectivity index (χ1) is 16.0. The van der Waals surface area contributed by atoms with E-state index in [1.165, 1.54) is 11.8 Å². The number of thioether (sulfide) groups is 1. The summed E-state index contributed by atoms with van der Waals surface area (Å²) in [4.78, 5) is 29.0. The van der Waals surface area contributed by atoms with Crippen LogP contribution in [0.3, 0.4) is 0 Å². The van der Waals surface area contributed by atoms with Gasteiger partial charge >= 0.3 is 0 Å². The van der Waals surface area contributed by atoms with E-state index in [4.69, 9.17) is 16.0 Å². The molecule has 1 aromatic heterocycles. The standard InChI is InChI=1S/C23H24ClN5O3S/c1-2-21-26-27-23(32-21)33-15-20(30)25-18-7-9-19(10-8-18)28-11-13-29(14-12-28)22(31)16-3-5-17(24)6-4-16/h3-10H,2,11-15H2,1H3,(H,25,30). The number of hydrogen-bond acceptors (Lipinski definition) is 7. The molecule has 0 atom stereocenters. The van der Waals surface area contributed by atoms with Gasteiger partial charge in [0.2, 0.25) is 11.8 Å². The number of nitrogens with zero attached hydrogens (tertiary/aromatic N) is 4. The summed E-state index contributed by atoms with van der Waals surface area (Å²) >= 11 is 7.12. The number of anilines is 2. The first-order valence-electron chi connectivity index (χ1n) is 10.7. The number of amides is 2. The molecule has 2 aromatic carbocycles. The van der Waals surface area contributed by atoms with Crippen LogP contribution in [-0.4, -0.2) is 58.8 Å². The molecule has 0 saturated carbocycles. The van der Waals surface area contributed by atoms with Crippen LogP contribution in [0.1, 0.15) is 23.2 Å². The second kappa shape index (κ2) is 10.7. The molecule has 0 spiro atoms. The van der Waals surface area contributed by atoms with Crippen LogP contribution in [0.4, 0.5) is 11.4 Å². The number of hydrogen-bond donors (Lipinski definition) is 1. The summed E-state index contributed by atoms with van der Waals surface area (Å²) in [6, 6.07) is 14.7. The smallest absolute Gasteiger partial charge is 0.277 e. The quantitative estimate of drug-likeness (QED) is 0.506. The van der Waals surface area contributed by atoms with Gasteiger partial charge in [0.1, 0.15) is 0 Å². The zero-order valence-electron chi connectivity index (χ0n) is 18.2. The van der Waals surface area contributed by atoms with Gasteiger partial charge in [-0.3, -0.25) is 9.59 Å². The molecule has 2 amide bonds. The maximum Gasteiger partial charge on any atom is 0.277 e. The number of piperazine rings is 1. The molecule has 3 aromatic rings. The minimum atomic E-state index is -0.140. The first kappa shape index (κ1) is 23.1. The van der Waals surface area contributed by atoms with Crippen LogP contribution in [0.15, 0.2) is 58.2 Å². The van der Waals surface area contributed by atoms with E-state index >= 15 is 0 Å². The number of nitrogens with one attached hydrogen (secondary N) is 1. The first-order valence-corrected chi connectivity index (χ1v) is 12.0. The van der Waals surface area contributed by atoms with Crippen molar-refractivity contribution in [2.24, 2.45) is 0 Å². The summed E-state index contributed by atoms with van der Waals surface area (Å²) in [6.45, 7) is 4.70. The monoisotopic (exact) mass is 485 g/mol. The van der Waals surface area contributed by atoms with E-state index in [1.54, 1.807) is 24.3 Å². The third-order valence-corrected chi connectivity index (χ3v) is 6.32. The van der Waals surface area contributed by atoms with Crippen molar-refractivity contribution in [3.63, 3.8) is 0 Å². The minimum absolute atomic E-state index is 0.0219. The van der Waals surface area contributed by atoms with Crippen LogP contribution in [0.2, 0.25) is 5.02 Å². The SMILES string of the molecule is CCc1nnc(SCC(=O)Nc2ccc(N3CCN(C(=O)c4ccc(Cl)cc4)CC3)cc2)o1. The van der Waals surface area contributed by atoms with Gasteiger partial charge in [-0.05, 0) is 48.5 Å². The lowest BCUT2D eigenvalue weighted by molar-refractivity contribution is -0.113. The minimum Gasteiger partial charge on any atom is -0.416 e. The summed E-state index contributed by atoms with van der Waals surface area (Å²) in [5.74, 6) is 0.632. The number of rotatable bonds is 7. The number of aryl methyl sites for hydroxylation is 1. The van der Waals surface area contributed by atoms with Gasteiger partial charge in [-0.25, -0.2) is 0 Å². The molecule has 4 rings (SSSR count). The molecule has 1 aliphatic rings. The predicted molar refractivity (Wildman–Crippen MR) is 129 cm³/mol. The fourth-order valence-electron chi connectivity index (χ4n) is 3.46. The molecule has 0 aliphatic carbocycles. The number of aromatic nitrogens is 2. The Kier molecular flexibility index (Phi) is 7.51. The van der Waals surface area contributed by atoms with Gasteiger partial charge in [-0.2, -0.15) is 0 Å². The number of carbonyl (C=O) groups excluding carboxylic acids is 2. The van der Waals surface area contributed by atoms with E-state index < -0.39 is 0 Å². The molecule has 172 valence electrons. The Morgan fingerprint density at radius 1 is 1.03 bits per heavy atom. The van der Waals surface area contributed by atoms with Crippen molar-refractivity contribution >= 4 is 46.6 Å². The van der Waals surface area contributed by atoms with Crippen LogP contribution < -0.4 is 10.2 Å². The van der Waals surface area contributed by atoms with Crippen LogP contribution >= 0.6 is 23.4 Å². The number of halogens is 1. The highest BCUT2D eigenvalue weighted by Gasteiger charge is 2.22. The Morgan fingerprint density at radius 3 is 2.36 bits per heavy atom. The van der Waals surface area contributed by atoms with Crippen LogP contribution in [0, 0.1) is 0 Å². The van der Waals surface area contributed by atoms with Crippen molar-refractivity contribution in [3.05, 3.63) is 65.0 Å². The maximum absolute atomic E-state index is 12.7. The van der Waals surface area contributed by atoms with Gasteiger partial charge < -0.3 is 19.5 Å². The topological polar surface area (TPSA) is 91.6 Å². The second-order valence-electron chi connectivity index (χ2n) is 7.49. The Labute approximate surface area is 201 Å². The lowest BCUT2D eigenvalue weighted by atomic mass is 10.1. The summed E-state index contributed by atoms with van der Waals surface area (Å²) in [5, 5.41) is 11.7. The predicted octanol–water partition coefficient (Wildman–Crippen LogP) is 3.98. The van der Waals surface area contributed by atoms with Crippen LogP contribution in [-0.2, 0) is 11.2 Å². The maximum atomic E-state index is 12.7. The molecule has 1 fully saturated rings. The molecule has 8 nitrogen and oxygen atoms in total. The zero-order chi connectivity index (χ0) is 23.2.